The van der Waals surface area contributed by atoms with Crippen molar-refractivity contribution in [3.63, 3.8) is 0 Å². The van der Waals surface area contributed by atoms with Crippen LogP contribution in [0.2, 0.25) is 0 Å². The number of nitrogens with two attached hydrogens (primary N) is 1. The molecule has 2 N–H and O–H groups in total. The van der Waals surface area contributed by atoms with E-state index in [4.69, 9.17) is 5.73 Å². The van der Waals surface area contributed by atoms with Crippen molar-refractivity contribution in [2.24, 2.45) is 11.7 Å². The Balaban J connectivity index is 1.81. The highest BCUT2D eigenvalue weighted by molar-refractivity contribution is 4.89. The van der Waals surface area contributed by atoms with Crippen LogP contribution in [0.3, 0.4) is 0 Å². The van der Waals surface area contributed by atoms with Crippen LogP contribution in [-0.4, -0.2) is 30.6 Å². The van der Waals surface area contributed by atoms with Gasteiger partial charge in [-0.25, -0.2) is 0 Å². The lowest BCUT2D eigenvalue weighted by Gasteiger charge is -2.44. The van der Waals surface area contributed by atoms with E-state index in [2.05, 4.69) is 4.90 Å². The van der Waals surface area contributed by atoms with Gasteiger partial charge in [0.2, 0.25) is 0 Å². The SMILES string of the molecule is NCC1CCC1N1CCCCCCC1. The third-order valence-electron chi connectivity index (χ3n) is 4.04. The van der Waals surface area contributed by atoms with E-state index >= 15 is 0 Å². The van der Waals surface area contributed by atoms with Gasteiger partial charge in [0.1, 0.15) is 0 Å². The Hall–Kier alpha value is -0.0800. The van der Waals surface area contributed by atoms with Crippen molar-refractivity contribution in [3.8, 4) is 0 Å². The molecule has 2 atom stereocenters. The Morgan fingerprint density at radius 3 is 2.07 bits per heavy atom. The smallest absolute Gasteiger partial charge is 0.0136 e. The molecule has 1 aliphatic heterocycles. The van der Waals surface area contributed by atoms with Crippen LogP contribution in [0.15, 0.2) is 0 Å². The van der Waals surface area contributed by atoms with E-state index in [-0.39, 0.29) is 0 Å². The molecule has 0 radical (unpaired) electrons. The summed E-state index contributed by atoms with van der Waals surface area (Å²) in [4.78, 5) is 2.72. The van der Waals surface area contributed by atoms with Crippen LogP contribution in [0.5, 0.6) is 0 Å². The third kappa shape index (κ3) is 2.29. The van der Waals surface area contributed by atoms with Gasteiger partial charge in [0.25, 0.3) is 0 Å². The first-order chi connectivity index (χ1) is 6.92. The molecule has 0 spiro atoms. The van der Waals surface area contributed by atoms with E-state index in [1.165, 1.54) is 58.0 Å². The fraction of sp³-hybridized carbons (Fsp3) is 1.00. The van der Waals surface area contributed by atoms with E-state index in [0.29, 0.717) is 0 Å². The minimum Gasteiger partial charge on any atom is -0.330 e. The standard InChI is InChI=1S/C12H24N2/c13-10-11-6-7-12(11)14-8-4-2-1-3-5-9-14/h11-12H,1-10,13H2. The zero-order valence-corrected chi connectivity index (χ0v) is 9.25. The Kier molecular flexibility index (Phi) is 3.82. The van der Waals surface area contributed by atoms with Crippen molar-refractivity contribution in [1.29, 1.82) is 0 Å². The molecular weight excluding hydrogens is 172 g/mol. The topological polar surface area (TPSA) is 29.3 Å². The molecule has 0 bridgehead atoms. The van der Waals surface area contributed by atoms with Crippen molar-refractivity contribution in [3.05, 3.63) is 0 Å². The Morgan fingerprint density at radius 1 is 0.929 bits per heavy atom. The molecule has 1 aliphatic carbocycles. The van der Waals surface area contributed by atoms with Crippen LogP contribution in [-0.2, 0) is 0 Å². The first-order valence-corrected chi connectivity index (χ1v) is 6.36. The molecule has 2 fully saturated rings. The van der Waals surface area contributed by atoms with Crippen LogP contribution in [0.1, 0.15) is 44.9 Å². The first-order valence-electron chi connectivity index (χ1n) is 6.36. The second kappa shape index (κ2) is 5.13. The molecule has 2 unspecified atom stereocenters. The van der Waals surface area contributed by atoms with E-state index < -0.39 is 0 Å². The summed E-state index contributed by atoms with van der Waals surface area (Å²) in [7, 11) is 0. The number of nitrogens with zero attached hydrogens (tertiary/aromatic N) is 1. The Bertz CT molecular complexity index is 160. The van der Waals surface area contributed by atoms with Crippen LogP contribution < -0.4 is 5.73 Å². The molecule has 2 rings (SSSR count). The van der Waals surface area contributed by atoms with Crippen LogP contribution in [0, 0.1) is 5.92 Å². The number of rotatable bonds is 2. The van der Waals surface area contributed by atoms with E-state index in [1.807, 2.05) is 0 Å². The number of hydrogen-bond donors (Lipinski definition) is 1. The maximum Gasteiger partial charge on any atom is 0.0136 e. The predicted molar refractivity (Wildman–Crippen MR) is 60.2 cm³/mol. The van der Waals surface area contributed by atoms with Crippen molar-refractivity contribution in [2.75, 3.05) is 19.6 Å². The van der Waals surface area contributed by atoms with Gasteiger partial charge in [-0.3, -0.25) is 0 Å². The van der Waals surface area contributed by atoms with E-state index in [1.54, 1.807) is 0 Å². The highest BCUT2D eigenvalue weighted by atomic mass is 15.2. The van der Waals surface area contributed by atoms with Gasteiger partial charge in [-0.05, 0) is 51.2 Å². The molecule has 0 aromatic carbocycles. The van der Waals surface area contributed by atoms with Gasteiger partial charge >= 0.3 is 0 Å². The van der Waals surface area contributed by atoms with Crippen molar-refractivity contribution in [2.45, 2.75) is 51.0 Å². The molecule has 0 aromatic heterocycles. The van der Waals surface area contributed by atoms with Gasteiger partial charge in [-0.15, -0.1) is 0 Å². The van der Waals surface area contributed by atoms with Gasteiger partial charge in [0.05, 0.1) is 0 Å². The maximum atomic E-state index is 5.77. The normalized spacial score (nSPS) is 35.8. The summed E-state index contributed by atoms with van der Waals surface area (Å²) in [5.41, 5.74) is 5.77. The van der Waals surface area contributed by atoms with Gasteiger partial charge in [0, 0.05) is 6.04 Å². The Morgan fingerprint density at radius 2 is 1.57 bits per heavy atom. The van der Waals surface area contributed by atoms with Crippen LogP contribution in [0.25, 0.3) is 0 Å². The van der Waals surface area contributed by atoms with E-state index in [0.717, 1.165) is 18.5 Å². The van der Waals surface area contributed by atoms with E-state index in [9.17, 15) is 0 Å². The Labute approximate surface area is 87.8 Å². The zero-order chi connectivity index (χ0) is 9.80. The third-order valence-corrected chi connectivity index (χ3v) is 4.04. The second-order valence-electron chi connectivity index (χ2n) is 4.94. The van der Waals surface area contributed by atoms with Gasteiger partial charge < -0.3 is 10.6 Å². The van der Waals surface area contributed by atoms with Crippen molar-refractivity contribution >= 4 is 0 Å². The average molecular weight is 196 g/mol. The van der Waals surface area contributed by atoms with Crippen molar-refractivity contribution < 1.29 is 0 Å². The molecular formula is C12H24N2. The van der Waals surface area contributed by atoms with Gasteiger partial charge in [-0.1, -0.05) is 19.3 Å². The number of likely N-dealkylation sites (tertiary alicyclic amines) is 1. The molecule has 1 heterocycles. The monoisotopic (exact) mass is 196 g/mol. The lowest BCUT2D eigenvalue weighted by molar-refractivity contribution is 0.0598. The molecule has 2 aliphatic rings. The van der Waals surface area contributed by atoms with Crippen LogP contribution in [0.4, 0.5) is 0 Å². The molecule has 0 aromatic rings. The van der Waals surface area contributed by atoms with Crippen molar-refractivity contribution in [1.82, 2.24) is 4.90 Å². The molecule has 14 heavy (non-hydrogen) atoms. The maximum absolute atomic E-state index is 5.77. The summed E-state index contributed by atoms with van der Waals surface area (Å²) in [5, 5.41) is 0. The summed E-state index contributed by atoms with van der Waals surface area (Å²) in [5.74, 6) is 0.814. The lowest BCUT2D eigenvalue weighted by Crippen LogP contribution is -2.50. The molecule has 0 amide bonds. The average Bonchev–Trinajstić information content (AvgIpc) is 2.08. The highest BCUT2D eigenvalue weighted by Crippen LogP contribution is 2.32. The summed E-state index contributed by atoms with van der Waals surface area (Å²) < 4.78 is 0. The summed E-state index contributed by atoms with van der Waals surface area (Å²) in [6.45, 7) is 3.57. The first kappa shape index (κ1) is 10.4. The largest absolute Gasteiger partial charge is 0.330 e. The quantitative estimate of drug-likeness (QED) is 0.732. The second-order valence-corrected chi connectivity index (χ2v) is 4.94. The molecule has 2 heteroatoms. The summed E-state index contributed by atoms with van der Waals surface area (Å²) in [6.07, 6.45) is 9.94. The summed E-state index contributed by atoms with van der Waals surface area (Å²) in [6, 6.07) is 0.845. The minimum absolute atomic E-state index is 0.814. The van der Waals surface area contributed by atoms with Gasteiger partial charge in [0.15, 0.2) is 0 Å². The molecule has 1 saturated carbocycles. The zero-order valence-electron chi connectivity index (χ0n) is 9.25. The molecule has 2 nitrogen and oxygen atoms in total. The predicted octanol–water partition coefficient (Wildman–Crippen LogP) is 1.99. The fourth-order valence-electron chi connectivity index (χ4n) is 2.91. The summed E-state index contributed by atoms with van der Waals surface area (Å²) >= 11 is 0. The lowest BCUT2D eigenvalue weighted by atomic mass is 9.78. The van der Waals surface area contributed by atoms with Gasteiger partial charge in [-0.2, -0.15) is 0 Å². The van der Waals surface area contributed by atoms with Crippen LogP contribution >= 0.6 is 0 Å². The molecule has 1 saturated heterocycles. The molecule has 82 valence electrons. The number of hydrogen-bond acceptors (Lipinski definition) is 2. The minimum atomic E-state index is 0.814. The highest BCUT2D eigenvalue weighted by Gasteiger charge is 2.33. The fourth-order valence-corrected chi connectivity index (χ4v) is 2.91.